The smallest absolute Gasteiger partial charge is 0.410 e. The van der Waals surface area contributed by atoms with Gasteiger partial charge in [-0.05, 0) is 27.7 Å². The number of nitro benzene ring substituents is 1. The summed E-state index contributed by atoms with van der Waals surface area (Å²) < 4.78 is 5.33. The Morgan fingerprint density at radius 2 is 2.00 bits per heavy atom. The van der Waals surface area contributed by atoms with Crippen LogP contribution in [0.1, 0.15) is 33.3 Å². The molecule has 1 amide bonds. The highest BCUT2D eigenvalue weighted by Gasteiger charge is 2.34. The molecule has 0 radical (unpaired) electrons. The minimum atomic E-state index is -0.517. The van der Waals surface area contributed by atoms with Gasteiger partial charge in [0, 0.05) is 25.7 Å². The molecule has 1 aliphatic rings. The van der Waals surface area contributed by atoms with Crippen LogP contribution in [0, 0.1) is 10.1 Å². The third-order valence-corrected chi connectivity index (χ3v) is 3.81. The first-order valence-electron chi connectivity index (χ1n) is 8.94. The summed E-state index contributed by atoms with van der Waals surface area (Å²) in [5.41, 5.74) is 0.0802. The number of nitrogens with zero attached hydrogens (tertiary/aromatic N) is 3. The van der Waals surface area contributed by atoms with Crippen LogP contribution in [0.2, 0.25) is 0 Å². The zero-order chi connectivity index (χ0) is 20.0. The molecule has 1 aromatic carbocycles. The fourth-order valence-electron chi connectivity index (χ4n) is 2.55. The van der Waals surface area contributed by atoms with Gasteiger partial charge in [-0.3, -0.25) is 10.1 Å². The Kier molecular flexibility index (Phi) is 8.92. The van der Waals surface area contributed by atoms with E-state index in [1.165, 1.54) is 6.07 Å². The molecule has 0 bridgehead atoms. The lowest BCUT2D eigenvalue weighted by molar-refractivity contribution is -0.385. The summed E-state index contributed by atoms with van der Waals surface area (Å²) in [5.74, 6) is 0.560. The lowest BCUT2D eigenvalue weighted by Crippen LogP contribution is -2.63. The standard InChI is InChI=1S/C18H27N5O4.HI/c1-5-19-16(20-10-13-8-6-7-9-15(13)23(25)26)21-14-11-22(12-14)17(24)27-18(2,3)4;/h6-9,14H,5,10-12H2,1-4H3,(H2,19,20,21);1H. The van der Waals surface area contributed by atoms with E-state index < -0.39 is 10.5 Å². The maximum atomic E-state index is 12.0. The van der Waals surface area contributed by atoms with E-state index in [0.29, 0.717) is 31.2 Å². The lowest BCUT2D eigenvalue weighted by atomic mass is 10.1. The fourth-order valence-corrected chi connectivity index (χ4v) is 2.55. The number of halogens is 1. The third-order valence-electron chi connectivity index (χ3n) is 3.81. The van der Waals surface area contributed by atoms with Crippen LogP contribution in [0.15, 0.2) is 29.3 Å². The number of hydrogen-bond acceptors (Lipinski definition) is 5. The molecular weight excluding hydrogens is 477 g/mol. The number of ether oxygens (including phenoxy) is 1. The molecule has 156 valence electrons. The Bertz CT molecular complexity index is 714. The van der Waals surface area contributed by atoms with Crippen molar-refractivity contribution in [3.63, 3.8) is 0 Å². The van der Waals surface area contributed by atoms with Crippen LogP contribution in [0.3, 0.4) is 0 Å². The average Bonchev–Trinajstić information content (AvgIpc) is 2.53. The summed E-state index contributed by atoms with van der Waals surface area (Å²) in [7, 11) is 0. The Labute approximate surface area is 182 Å². The molecular formula is C18H28IN5O4. The SMILES string of the molecule is CCNC(=NCc1ccccc1[N+](=O)[O-])NC1CN(C(=O)OC(C)(C)C)C1.I. The van der Waals surface area contributed by atoms with Crippen LogP contribution >= 0.6 is 24.0 Å². The fraction of sp³-hybridized carbons (Fsp3) is 0.556. The maximum Gasteiger partial charge on any atom is 0.410 e. The van der Waals surface area contributed by atoms with Crippen LogP contribution in [-0.2, 0) is 11.3 Å². The van der Waals surface area contributed by atoms with Gasteiger partial charge in [-0.1, -0.05) is 18.2 Å². The van der Waals surface area contributed by atoms with E-state index in [2.05, 4.69) is 15.6 Å². The number of rotatable bonds is 5. The third kappa shape index (κ3) is 7.13. The topological polar surface area (TPSA) is 109 Å². The second kappa shape index (κ2) is 10.4. The average molecular weight is 505 g/mol. The van der Waals surface area contributed by atoms with Crippen molar-refractivity contribution >= 4 is 41.7 Å². The van der Waals surface area contributed by atoms with Crippen molar-refractivity contribution in [2.75, 3.05) is 19.6 Å². The lowest BCUT2D eigenvalue weighted by Gasteiger charge is -2.40. The van der Waals surface area contributed by atoms with Gasteiger partial charge in [-0.25, -0.2) is 9.79 Å². The minimum Gasteiger partial charge on any atom is -0.444 e. The summed E-state index contributed by atoms with van der Waals surface area (Å²) >= 11 is 0. The summed E-state index contributed by atoms with van der Waals surface area (Å²) in [5, 5.41) is 17.5. The molecule has 28 heavy (non-hydrogen) atoms. The van der Waals surface area contributed by atoms with Crippen molar-refractivity contribution < 1.29 is 14.5 Å². The van der Waals surface area contributed by atoms with Gasteiger partial charge < -0.3 is 20.3 Å². The first kappa shape index (κ1) is 23.9. The van der Waals surface area contributed by atoms with Crippen molar-refractivity contribution in [1.82, 2.24) is 15.5 Å². The van der Waals surface area contributed by atoms with Crippen molar-refractivity contribution in [2.45, 2.75) is 45.9 Å². The van der Waals surface area contributed by atoms with Gasteiger partial charge in [0.25, 0.3) is 5.69 Å². The summed E-state index contributed by atoms with van der Waals surface area (Å²) in [6, 6.07) is 6.60. The number of aliphatic imine (C=N–C) groups is 1. The molecule has 0 saturated carbocycles. The molecule has 0 aliphatic carbocycles. The predicted molar refractivity (Wildman–Crippen MR) is 118 cm³/mol. The van der Waals surface area contributed by atoms with Crippen molar-refractivity contribution in [1.29, 1.82) is 0 Å². The van der Waals surface area contributed by atoms with Crippen LogP contribution in [-0.4, -0.2) is 53.2 Å². The van der Waals surface area contributed by atoms with Gasteiger partial charge in [0.1, 0.15) is 5.60 Å². The number of likely N-dealkylation sites (tertiary alicyclic amines) is 1. The molecule has 1 saturated heterocycles. The number of carbonyl (C=O) groups excluding carboxylic acids is 1. The normalized spacial score (nSPS) is 14.6. The predicted octanol–water partition coefficient (Wildman–Crippen LogP) is 2.89. The van der Waals surface area contributed by atoms with Gasteiger partial charge in [-0.15, -0.1) is 24.0 Å². The molecule has 9 nitrogen and oxygen atoms in total. The zero-order valence-electron chi connectivity index (χ0n) is 16.6. The molecule has 0 spiro atoms. The number of nitrogens with one attached hydrogen (secondary N) is 2. The molecule has 1 aromatic rings. The number of nitro groups is 1. The molecule has 0 atom stereocenters. The highest BCUT2D eigenvalue weighted by molar-refractivity contribution is 14.0. The summed E-state index contributed by atoms with van der Waals surface area (Å²) in [4.78, 5) is 28.7. The molecule has 2 rings (SSSR count). The van der Waals surface area contributed by atoms with Crippen LogP contribution < -0.4 is 10.6 Å². The number of carbonyl (C=O) groups is 1. The quantitative estimate of drug-likeness (QED) is 0.210. The monoisotopic (exact) mass is 505 g/mol. The zero-order valence-corrected chi connectivity index (χ0v) is 18.9. The van der Waals surface area contributed by atoms with Gasteiger partial charge in [0.15, 0.2) is 5.96 Å². The second-order valence-electron chi connectivity index (χ2n) is 7.31. The van der Waals surface area contributed by atoms with Gasteiger partial charge in [0.05, 0.1) is 23.1 Å². The Morgan fingerprint density at radius 3 is 2.57 bits per heavy atom. The molecule has 2 N–H and O–H groups in total. The Morgan fingerprint density at radius 1 is 1.36 bits per heavy atom. The van der Waals surface area contributed by atoms with Gasteiger partial charge in [-0.2, -0.15) is 0 Å². The van der Waals surface area contributed by atoms with Gasteiger partial charge in [0.2, 0.25) is 0 Å². The number of benzene rings is 1. The van der Waals surface area contributed by atoms with E-state index in [9.17, 15) is 14.9 Å². The maximum absolute atomic E-state index is 12.0. The number of para-hydroxylation sites is 1. The minimum absolute atomic E-state index is 0. The van der Waals surface area contributed by atoms with Gasteiger partial charge >= 0.3 is 6.09 Å². The van der Waals surface area contributed by atoms with Crippen molar-refractivity contribution in [3.05, 3.63) is 39.9 Å². The number of amides is 1. The second-order valence-corrected chi connectivity index (χ2v) is 7.31. The number of guanidine groups is 1. The van der Waals surface area contributed by atoms with Crippen molar-refractivity contribution in [3.8, 4) is 0 Å². The van der Waals surface area contributed by atoms with E-state index in [-0.39, 0.29) is 48.3 Å². The van der Waals surface area contributed by atoms with Crippen LogP contribution in [0.5, 0.6) is 0 Å². The molecule has 10 heteroatoms. The van der Waals surface area contributed by atoms with Crippen LogP contribution in [0.25, 0.3) is 0 Å². The first-order chi connectivity index (χ1) is 12.7. The van der Waals surface area contributed by atoms with E-state index in [4.69, 9.17) is 4.74 Å². The summed E-state index contributed by atoms with van der Waals surface area (Å²) in [6.45, 7) is 9.32. The molecule has 0 unspecified atom stereocenters. The molecule has 1 heterocycles. The Hall–Kier alpha value is -2.11. The molecule has 0 aromatic heterocycles. The largest absolute Gasteiger partial charge is 0.444 e. The Balaban J connectivity index is 0.00000392. The van der Waals surface area contributed by atoms with E-state index >= 15 is 0 Å². The van der Waals surface area contributed by atoms with E-state index in [1.54, 1.807) is 23.1 Å². The number of hydrogen-bond donors (Lipinski definition) is 2. The summed E-state index contributed by atoms with van der Waals surface area (Å²) in [6.07, 6.45) is -0.331. The van der Waals surface area contributed by atoms with E-state index in [1.807, 2.05) is 27.7 Å². The highest BCUT2D eigenvalue weighted by atomic mass is 127. The van der Waals surface area contributed by atoms with Crippen molar-refractivity contribution in [2.24, 2.45) is 4.99 Å². The van der Waals surface area contributed by atoms with E-state index in [0.717, 1.165) is 0 Å². The molecule has 1 fully saturated rings. The molecule has 1 aliphatic heterocycles. The highest BCUT2D eigenvalue weighted by Crippen LogP contribution is 2.18. The van der Waals surface area contributed by atoms with Crippen LogP contribution in [0.4, 0.5) is 10.5 Å². The first-order valence-corrected chi connectivity index (χ1v) is 8.94.